The molecule has 2 rings (SSSR count). The lowest BCUT2D eigenvalue weighted by molar-refractivity contribution is 0.00501. The predicted molar refractivity (Wildman–Crippen MR) is 69.7 cm³/mol. The molecule has 0 aromatic heterocycles. The van der Waals surface area contributed by atoms with Gasteiger partial charge in [-0.1, -0.05) is 11.6 Å². The highest BCUT2D eigenvalue weighted by Gasteiger charge is 2.21. The number of hydrogen-bond donors (Lipinski definition) is 2. The topological polar surface area (TPSA) is 47.3 Å². The van der Waals surface area contributed by atoms with Crippen LogP contribution in [0, 0.1) is 5.82 Å². The molecule has 1 aromatic carbocycles. The number of benzene rings is 1. The average molecular weight is 273 g/mol. The molecular formula is C13H18ClFN2O. The molecular weight excluding hydrogens is 255 g/mol. The van der Waals surface area contributed by atoms with E-state index in [0.29, 0.717) is 17.0 Å². The van der Waals surface area contributed by atoms with Crippen LogP contribution in [-0.2, 0) is 4.74 Å². The van der Waals surface area contributed by atoms with Gasteiger partial charge in [0.2, 0.25) is 0 Å². The second-order valence-electron chi connectivity index (χ2n) is 4.61. The van der Waals surface area contributed by atoms with Crippen LogP contribution in [0.3, 0.4) is 0 Å². The minimum Gasteiger partial charge on any atom is -0.378 e. The number of rotatable bonds is 4. The molecule has 0 bridgehead atoms. The molecule has 0 radical (unpaired) electrons. The van der Waals surface area contributed by atoms with Gasteiger partial charge in [0.15, 0.2) is 0 Å². The summed E-state index contributed by atoms with van der Waals surface area (Å²) < 4.78 is 18.9. The van der Waals surface area contributed by atoms with Crippen molar-refractivity contribution in [2.24, 2.45) is 5.84 Å². The standard InChI is InChI=1S/C13H18ClFN2O/c14-12-5-4-9(15)7-11(12)13(17-16)8-10-3-1-2-6-18-10/h4-5,7,10,13,17H,1-3,6,8,16H2. The fourth-order valence-corrected chi connectivity index (χ4v) is 2.57. The zero-order chi connectivity index (χ0) is 13.0. The second-order valence-corrected chi connectivity index (χ2v) is 5.02. The Morgan fingerprint density at radius 3 is 3.00 bits per heavy atom. The molecule has 3 nitrogen and oxygen atoms in total. The van der Waals surface area contributed by atoms with Gasteiger partial charge in [-0.15, -0.1) is 0 Å². The zero-order valence-electron chi connectivity index (χ0n) is 10.2. The number of hydrogen-bond acceptors (Lipinski definition) is 3. The van der Waals surface area contributed by atoms with Crippen molar-refractivity contribution in [3.63, 3.8) is 0 Å². The molecule has 18 heavy (non-hydrogen) atoms. The van der Waals surface area contributed by atoms with E-state index in [2.05, 4.69) is 5.43 Å². The Balaban J connectivity index is 2.09. The van der Waals surface area contributed by atoms with Crippen molar-refractivity contribution in [1.29, 1.82) is 0 Å². The van der Waals surface area contributed by atoms with Crippen LogP contribution in [0.25, 0.3) is 0 Å². The first kappa shape index (κ1) is 13.7. The Morgan fingerprint density at radius 1 is 1.50 bits per heavy atom. The van der Waals surface area contributed by atoms with Crippen molar-refractivity contribution in [3.8, 4) is 0 Å². The maximum absolute atomic E-state index is 13.3. The molecule has 2 atom stereocenters. The molecule has 1 saturated heterocycles. The number of ether oxygens (including phenoxy) is 1. The highest BCUT2D eigenvalue weighted by molar-refractivity contribution is 6.31. The minimum absolute atomic E-state index is 0.166. The molecule has 0 spiro atoms. The molecule has 0 amide bonds. The average Bonchev–Trinajstić information content (AvgIpc) is 2.40. The van der Waals surface area contributed by atoms with E-state index in [9.17, 15) is 4.39 Å². The molecule has 1 aliphatic rings. The monoisotopic (exact) mass is 272 g/mol. The van der Waals surface area contributed by atoms with E-state index < -0.39 is 0 Å². The molecule has 1 aromatic rings. The predicted octanol–water partition coefficient (Wildman–Crippen LogP) is 2.94. The maximum Gasteiger partial charge on any atom is 0.123 e. The summed E-state index contributed by atoms with van der Waals surface area (Å²) in [6.07, 6.45) is 4.17. The largest absolute Gasteiger partial charge is 0.378 e. The lowest BCUT2D eigenvalue weighted by Crippen LogP contribution is -2.33. The van der Waals surface area contributed by atoms with E-state index >= 15 is 0 Å². The number of halogens is 2. The van der Waals surface area contributed by atoms with Crippen LogP contribution in [0.5, 0.6) is 0 Å². The van der Waals surface area contributed by atoms with Gasteiger partial charge in [0, 0.05) is 17.7 Å². The van der Waals surface area contributed by atoms with Crippen LogP contribution in [0.15, 0.2) is 18.2 Å². The quantitative estimate of drug-likeness (QED) is 0.654. The smallest absolute Gasteiger partial charge is 0.123 e. The van der Waals surface area contributed by atoms with Crippen LogP contribution in [0.2, 0.25) is 5.02 Å². The molecule has 0 saturated carbocycles. The van der Waals surface area contributed by atoms with Gasteiger partial charge in [0.25, 0.3) is 0 Å². The molecule has 2 unspecified atom stereocenters. The van der Waals surface area contributed by atoms with Crippen LogP contribution in [0.1, 0.15) is 37.3 Å². The fourth-order valence-electron chi connectivity index (χ4n) is 2.32. The zero-order valence-corrected chi connectivity index (χ0v) is 10.9. The Morgan fingerprint density at radius 2 is 2.33 bits per heavy atom. The molecule has 0 aliphatic carbocycles. The van der Waals surface area contributed by atoms with Crippen molar-refractivity contribution >= 4 is 11.6 Å². The van der Waals surface area contributed by atoms with Gasteiger partial charge in [-0.2, -0.15) is 0 Å². The summed E-state index contributed by atoms with van der Waals surface area (Å²) in [6.45, 7) is 0.791. The lowest BCUT2D eigenvalue weighted by atomic mass is 9.97. The van der Waals surface area contributed by atoms with Crippen molar-refractivity contribution in [3.05, 3.63) is 34.6 Å². The van der Waals surface area contributed by atoms with Crippen molar-refractivity contribution < 1.29 is 9.13 Å². The van der Waals surface area contributed by atoms with Gasteiger partial charge < -0.3 is 4.74 Å². The summed E-state index contributed by atoms with van der Waals surface area (Å²) in [5, 5.41) is 0.523. The number of nitrogens with one attached hydrogen (secondary N) is 1. The van der Waals surface area contributed by atoms with E-state index in [0.717, 1.165) is 19.4 Å². The van der Waals surface area contributed by atoms with Gasteiger partial charge >= 0.3 is 0 Å². The SMILES string of the molecule is NNC(CC1CCCCO1)c1cc(F)ccc1Cl. The molecule has 100 valence electrons. The van der Waals surface area contributed by atoms with Gasteiger partial charge in [-0.25, -0.2) is 4.39 Å². The Kier molecular flexibility index (Phi) is 4.95. The van der Waals surface area contributed by atoms with Crippen LogP contribution in [0.4, 0.5) is 4.39 Å². The summed E-state index contributed by atoms with van der Waals surface area (Å²) in [5.41, 5.74) is 3.39. The van der Waals surface area contributed by atoms with Crippen molar-refractivity contribution in [2.75, 3.05) is 6.61 Å². The van der Waals surface area contributed by atoms with Gasteiger partial charge in [-0.05, 0) is 49.4 Å². The van der Waals surface area contributed by atoms with Crippen LogP contribution in [-0.4, -0.2) is 12.7 Å². The summed E-state index contributed by atoms with van der Waals surface area (Å²) in [5.74, 6) is 5.25. The van der Waals surface area contributed by atoms with E-state index in [1.165, 1.54) is 18.6 Å². The van der Waals surface area contributed by atoms with Crippen molar-refractivity contribution in [2.45, 2.75) is 37.8 Å². The van der Waals surface area contributed by atoms with E-state index in [-0.39, 0.29) is 18.0 Å². The molecule has 5 heteroatoms. The third kappa shape index (κ3) is 3.42. The molecule has 1 heterocycles. The third-order valence-electron chi connectivity index (χ3n) is 3.31. The highest BCUT2D eigenvalue weighted by atomic mass is 35.5. The molecule has 1 fully saturated rings. The summed E-state index contributed by atoms with van der Waals surface area (Å²) >= 11 is 6.08. The normalized spacial score (nSPS) is 21.8. The van der Waals surface area contributed by atoms with E-state index in [4.69, 9.17) is 22.2 Å². The fraction of sp³-hybridized carbons (Fsp3) is 0.538. The Hall–Kier alpha value is -0.680. The first-order chi connectivity index (χ1) is 8.70. The first-order valence-electron chi connectivity index (χ1n) is 6.23. The van der Waals surface area contributed by atoms with Crippen LogP contribution >= 0.6 is 11.6 Å². The number of hydrazine groups is 1. The van der Waals surface area contributed by atoms with Gasteiger partial charge in [-0.3, -0.25) is 11.3 Å². The van der Waals surface area contributed by atoms with E-state index in [1.807, 2.05) is 0 Å². The van der Waals surface area contributed by atoms with Gasteiger partial charge in [0.05, 0.1) is 6.10 Å². The first-order valence-corrected chi connectivity index (χ1v) is 6.61. The summed E-state index contributed by atoms with van der Waals surface area (Å²) in [7, 11) is 0. The van der Waals surface area contributed by atoms with E-state index in [1.54, 1.807) is 6.07 Å². The van der Waals surface area contributed by atoms with Gasteiger partial charge in [0.1, 0.15) is 5.82 Å². The maximum atomic E-state index is 13.3. The highest BCUT2D eigenvalue weighted by Crippen LogP contribution is 2.29. The third-order valence-corrected chi connectivity index (χ3v) is 3.65. The number of nitrogens with two attached hydrogens (primary N) is 1. The van der Waals surface area contributed by atoms with Crippen molar-refractivity contribution in [1.82, 2.24) is 5.43 Å². The second kappa shape index (κ2) is 6.48. The van der Waals surface area contributed by atoms with Crippen LogP contribution < -0.4 is 11.3 Å². The minimum atomic E-state index is -0.306. The lowest BCUT2D eigenvalue weighted by Gasteiger charge is -2.27. The Bertz CT molecular complexity index is 397. The molecule has 3 N–H and O–H groups in total. The Labute approximate surface area is 111 Å². The summed E-state index contributed by atoms with van der Waals surface area (Å²) in [4.78, 5) is 0. The molecule has 1 aliphatic heterocycles. The summed E-state index contributed by atoms with van der Waals surface area (Å²) in [6, 6.07) is 4.14.